The first-order valence-corrected chi connectivity index (χ1v) is 10.0. The molecule has 3 rings (SSSR count). The van der Waals surface area contributed by atoms with E-state index in [-0.39, 0.29) is 29.7 Å². The van der Waals surface area contributed by atoms with Crippen molar-refractivity contribution in [3.05, 3.63) is 64.2 Å². The summed E-state index contributed by atoms with van der Waals surface area (Å²) in [6, 6.07) is 12.0. The number of benzene rings is 1. The van der Waals surface area contributed by atoms with Crippen molar-refractivity contribution < 1.29 is 9.18 Å². The molecular formula is C21H25FN4OS. The zero-order valence-electron chi connectivity index (χ0n) is 16.5. The van der Waals surface area contributed by atoms with E-state index in [9.17, 15) is 9.18 Å². The molecule has 1 amide bonds. The number of aromatic nitrogens is 2. The van der Waals surface area contributed by atoms with E-state index >= 15 is 0 Å². The van der Waals surface area contributed by atoms with Gasteiger partial charge in [0.2, 0.25) is 5.91 Å². The van der Waals surface area contributed by atoms with E-state index in [4.69, 9.17) is 0 Å². The van der Waals surface area contributed by atoms with E-state index in [1.807, 2.05) is 18.4 Å². The van der Waals surface area contributed by atoms with Gasteiger partial charge in [0.05, 0.1) is 17.9 Å². The Morgan fingerprint density at radius 1 is 1.25 bits per heavy atom. The van der Waals surface area contributed by atoms with Gasteiger partial charge in [0.15, 0.2) is 0 Å². The standard InChI is InChI=1S/C21H25FN4OS/c1-14-12-18(26(25-14)16-9-7-15(22)8-10-16)24-19(27)13-23-20(21(2,3)4)17-6-5-11-28-17/h5-12,20,23H,13H2,1-4H3,(H,24,27). The van der Waals surface area contributed by atoms with Gasteiger partial charge in [-0.1, -0.05) is 26.8 Å². The first-order valence-electron chi connectivity index (χ1n) is 9.13. The fourth-order valence-corrected chi connectivity index (χ4v) is 4.08. The molecule has 1 unspecified atom stereocenters. The molecule has 2 aromatic heterocycles. The lowest BCUT2D eigenvalue weighted by atomic mass is 9.86. The van der Waals surface area contributed by atoms with E-state index in [1.54, 1.807) is 34.2 Å². The number of anilines is 1. The van der Waals surface area contributed by atoms with Crippen molar-refractivity contribution in [2.75, 3.05) is 11.9 Å². The van der Waals surface area contributed by atoms with Crippen LogP contribution in [0.5, 0.6) is 0 Å². The Balaban J connectivity index is 1.71. The third-order valence-corrected chi connectivity index (χ3v) is 5.27. The number of carbonyl (C=O) groups is 1. The Morgan fingerprint density at radius 2 is 1.96 bits per heavy atom. The topological polar surface area (TPSA) is 59.0 Å². The lowest BCUT2D eigenvalue weighted by Gasteiger charge is -2.30. The largest absolute Gasteiger partial charge is 0.309 e. The van der Waals surface area contributed by atoms with Crippen LogP contribution in [0.4, 0.5) is 10.2 Å². The summed E-state index contributed by atoms with van der Waals surface area (Å²) in [5.41, 5.74) is 1.42. The predicted molar refractivity (Wildman–Crippen MR) is 111 cm³/mol. The maximum absolute atomic E-state index is 13.2. The number of rotatable bonds is 6. The zero-order chi connectivity index (χ0) is 20.3. The van der Waals surface area contributed by atoms with Gasteiger partial charge in [-0.3, -0.25) is 4.79 Å². The minimum Gasteiger partial charge on any atom is -0.309 e. The Morgan fingerprint density at radius 3 is 2.57 bits per heavy atom. The Kier molecular flexibility index (Phi) is 5.96. The highest BCUT2D eigenvalue weighted by molar-refractivity contribution is 7.10. The van der Waals surface area contributed by atoms with E-state index < -0.39 is 0 Å². The summed E-state index contributed by atoms with van der Waals surface area (Å²) in [7, 11) is 0. The molecule has 3 aromatic rings. The molecule has 0 aliphatic carbocycles. The number of amides is 1. The van der Waals surface area contributed by atoms with Gasteiger partial charge in [0, 0.05) is 17.0 Å². The maximum Gasteiger partial charge on any atom is 0.239 e. The quantitative estimate of drug-likeness (QED) is 0.631. The highest BCUT2D eigenvalue weighted by atomic mass is 32.1. The van der Waals surface area contributed by atoms with Gasteiger partial charge >= 0.3 is 0 Å². The van der Waals surface area contributed by atoms with Crippen LogP contribution in [0, 0.1) is 18.2 Å². The van der Waals surface area contributed by atoms with E-state index in [2.05, 4.69) is 42.6 Å². The number of hydrogen-bond donors (Lipinski definition) is 2. The van der Waals surface area contributed by atoms with E-state index in [0.717, 1.165) is 5.69 Å². The number of halogens is 1. The molecule has 0 saturated carbocycles. The summed E-state index contributed by atoms with van der Waals surface area (Å²) in [5.74, 6) is 0.0811. The molecular weight excluding hydrogens is 375 g/mol. The van der Waals surface area contributed by atoms with E-state index in [1.165, 1.54) is 17.0 Å². The second kappa shape index (κ2) is 8.24. The third-order valence-electron chi connectivity index (χ3n) is 4.33. The molecule has 0 fully saturated rings. The molecule has 0 saturated heterocycles. The zero-order valence-corrected chi connectivity index (χ0v) is 17.3. The number of hydrogen-bond acceptors (Lipinski definition) is 4. The average Bonchev–Trinajstić information content (AvgIpc) is 3.25. The Labute approximate surface area is 168 Å². The number of carbonyl (C=O) groups excluding carboxylic acids is 1. The van der Waals surface area contributed by atoms with Crippen LogP contribution in [-0.2, 0) is 4.79 Å². The highest BCUT2D eigenvalue weighted by Crippen LogP contribution is 2.34. The normalized spacial score (nSPS) is 12.8. The number of aryl methyl sites for hydroxylation is 1. The smallest absolute Gasteiger partial charge is 0.239 e. The molecule has 148 valence electrons. The lowest BCUT2D eigenvalue weighted by Crippen LogP contribution is -2.37. The fraction of sp³-hybridized carbons (Fsp3) is 0.333. The van der Waals surface area contributed by atoms with Gasteiger partial charge in [-0.05, 0) is 48.1 Å². The summed E-state index contributed by atoms with van der Waals surface area (Å²) in [4.78, 5) is 13.8. The van der Waals surface area contributed by atoms with Crippen LogP contribution in [0.15, 0.2) is 47.8 Å². The van der Waals surface area contributed by atoms with E-state index in [0.29, 0.717) is 11.5 Å². The Hall–Kier alpha value is -2.51. The van der Waals surface area contributed by atoms with Crippen molar-refractivity contribution in [3.8, 4) is 5.69 Å². The SMILES string of the molecule is Cc1cc(NC(=O)CNC(c2cccs2)C(C)(C)C)n(-c2ccc(F)cc2)n1. The van der Waals surface area contributed by atoms with Gasteiger partial charge in [-0.2, -0.15) is 5.10 Å². The second-order valence-corrected chi connectivity index (χ2v) is 8.78. The maximum atomic E-state index is 13.2. The van der Waals surface area contributed by atoms with Crippen LogP contribution in [-0.4, -0.2) is 22.2 Å². The molecule has 2 heterocycles. The minimum atomic E-state index is -0.316. The second-order valence-electron chi connectivity index (χ2n) is 7.80. The Bertz CT molecular complexity index is 926. The first kappa shape index (κ1) is 20.2. The number of nitrogens with one attached hydrogen (secondary N) is 2. The molecule has 2 N–H and O–H groups in total. The van der Waals surface area contributed by atoms with Crippen molar-refractivity contribution in [3.63, 3.8) is 0 Å². The van der Waals surface area contributed by atoms with Gasteiger partial charge in [-0.15, -0.1) is 11.3 Å². The van der Waals surface area contributed by atoms with Crippen LogP contribution in [0.1, 0.15) is 37.4 Å². The summed E-state index contributed by atoms with van der Waals surface area (Å²) in [6.45, 7) is 8.47. The van der Waals surface area contributed by atoms with Crippen LogP contribution < -0.4 is 10.6 Å². The fourth-order valence-electron chi connectivity index (χ4n) is 3.04. The van der Waals surface area contributed by atoms with Crippen molar-refractivity contribution in [2.24, 2.45) is 5.41 Å². The van der Waals surface area contributed by atoms with Gasteiger partial charge in [0.1, 0.15) is 11.6 Å². The molecule has 28 heavy (non-hydrogen) atoms. The van der Waals surface area contributed by atoms with Crippen molar-refractivity contribution in [1.29, 1.82) is 0 Å². The number of nitrogens with zero attached hydrogens (tertiary/aromatic N) is 2. The van der Waals surface area contributed by atoms with Crippen LogP contribution >= 0.6 is 11.3 Å². The van der Waals surface area contributed by atoms with Crippen LogP contribution in [0.3, 0.4) is 0 Å². The van der Waals surface area contributed by atoms with Crippen LogP contribution in [0.2, 0.25) is 0 Å². The predicted octanol–water partition coefficient (Wildman–Crippen LogP) is 4.70. The molecule has 0 spiro atoms. The van der Waals surface area contributed by atoms with Gasteiger partial charge < -0.3 is 10.6 Å². The monoisotopic (exact) mass is 400 g/mol. The van der Waals surface area contributed by atoms with Crippen molar-refractivity contribution >= 4 is 23.1 Å². The molecule has 0 aliphatic heterocycles. The number of thiophene rings is 1. The molecule has 0 radical (unpaired) electrons. The third kappa shape index (κ3) is 4.85. The molecule has 1 atom stereocenters. The molecule has 0 aliphatic rings. The minimum absolute atomic E-state index is 0.0302. The average molecular weight is 401 g/mol. The van der Waals surface area contributed by atoms with Crippen LogP contribution in [0.25, 0.3) is 5.69 Å². The van der Waals surface area contributed by atoms with Crippen molar-refractivity contribution in [1.82, 2.24) is 15.1 Å². The summed E-state index contributed by atoms with van der Waals surface area (Å²) in [5, 5.41) is 12.7. The van der Waals surface area contributed by atoms with Gasteiger partial charge in [-0.25, -0.2) is 9.07 Å². The lowest BCUT2D eigenvalue weighted by molar-refractivity contribution is -0.115. The first-order chi connectivity index (χ1) is 13.2. The summed E-state index contributed by atoms with van der Waals surface area (Å²) >= 11 is 1.68. The van der Waals surface area contributed by atoms with Crippen molar-refractivity contribution in [2.45, 2.75) is 33.7 Å². The summed E-state index contributed by atoms with van der Waals surface area (Å²) < 4.78 is 14.8. The molecule has 0 bridgehead atoms. The van der Waals surface area contributed by atoms with Gasteiger partial charge in [0.25, 0.3) is 0 Å². The molecule has 5 nitrogen and oxygen atoms in total. The molecule has 1 aromatic carbocycles. The summed E-state index contributed by atoms with van der Waals surface area (Å²) in [6.07, 6.45) is 0. The molecule has 7 heteroatoms. The highest BCUT2D eigenvalue weighted by Gasteiger charge is 2.27.